The Balaban J connectivity index is 1.80. The largest absolute Gasteiger partial charge is 0.450 e. The topological polar surface area (TPSA) is 126 Å². The van der Waals surface area contributed by atoms with Crippen molar-refractivity contribution in [2.24, 2.45) is 0 Å². The Morgan fingerprint density at radius 3 is 2.89 bits per heavy atom. The number of nitriles is 1. The van der Waals surface area contributed by atoms with E-state index in [-0.39, 0.29) is 22.9 Å². The molecule has 0 bridgehead atoms. The number of aromatic nitrogens is 2. The van der Waals surface area contributed by atoms with Gasteiger partial charge in [-0.1, -0.05) is 0 Å². The summed E-state index contributed by atoms with van der Waals surface area (Å²) < 4.78 is 6.23. The zero-order valence-corrected chi connectivity index (χ0v) is 14.9. The second-order valence-corrected chi connectivity index (χ2v) is 6.10. The van der Waals surface area contributed by atoms with E-state index in [2.05, 4.69) is 20.4 Å². The minimum Gasteiger partial charge on any atom is -0.450 e. The Labute approximate surface area is 157 Å². The lowest BCUT2D eigenvalue weighted by Gasteiger charge is -2.06. The molecule has 0 saturated heterocycles. The molecule has 3 aromatic rings. The summed E-state index contributed by atoms with van der Waals surface area (Å²) in [6.07, 6.45) is 2.29. The number of nitrogens with zero attached hydrogens (tertiary/aromatic N) is 3. The first-order chi connectivity index (χ1) is 13.0. The maximum Gasteiger partial charge on any atom is 0.414 e. The fourth-order valence-electron chi connectivity index (χ4n) is 2.29. The number of hydrogen-bond donors (Lipinski definition) is 2. The minimum atomic E-state index is -0.865. The highest BCUT2D eigenvalue weighted by Crippen LogP contribution is 2.24. The quantitative estimate of drug-likeness (QED) is 0.712. The number of thiophene rings is 1. The van der Waals surface area contributed by atoms with Crippen LogP contribution in [0.3, 0.4) is 0 Å². The number of imide groups is 1. The number of anilines is 1. The molecule has 27 heavy (non-hydrogen) atoms. The first kappa shape index (κ1) is 18.1. The highest BCUT2D eigenvalue weighted by atomic mass is 32.1. The van der Waals surface area contributed by atoms with Crippen LogP contribution < -0.4 is 10.6 Å². The van der Waals surface area contributed by atoms with Crippen molar-refractivity contribution in [3.63, 3.8) is 0 Å². The van der Waals surface area contributed by atoms with Crippen molar-refractivity contribution < 1.29 is 19.1 Å². The molecule has 0 fully saturated rings. The number of fused-ring (bicyclic) bond motifs is 1. The van der Waals surface area contributed by atoms with Crippen molar-refractivity contribution in [2.45, 2.75) is 6.92 Å². The van der Waals surface area contributed by atoms with E-state index in [1.165, 1.54) is 12.3 Å². The maximum atomic E-state index is 12.5. The smallest absolute Gasteiger partial charge is 0.414 e. The molecule has 0 saturated carbocycles. The van der Waals surface area contributed by atoms with Gasteiger partial charge in [0.1, 0.15) is 16.8 Å². The second-order valence-electron chi connectivity index (χ2n) is 5.18. The van der Waals surface area contributed by atoms with E-state index in [0.717, 1.165) is 11.3 Å². The number of amides is 3. The SMILES string of the molecule is CCOC(=O)NC(=O)c1ccsc1NC(=O)c1cn2cccc(C#N)c2n1. The summed E-state index contributed by atoms with van der Waals surface area (Å²) in [4.78, 5) is 40.2. The third kappa shape index (κ3) is 3.78. The number of carbonyl (C=O) groups is 3. The molecule has 0 aromatic carbocycles. The molecule has 3 amide bonds. The Kier molecular flexibility index (Phi) is 5.14. The van der Waals surface area contributed by atoms with E-state index in [1.54, 1.807) is 35.0 Å². The average molecular weight is 383 g/mol. The predicted molar refractivity (Wildman–Crippen MR) is 96.7 cm³/mol. The summed E-state index contributed by atoms with van der Waals surface area (Å²) in [7, 11) is 0. The summed E-state index contributed by atoms with van der Waals surface area (Å²) >= 11 is 1.12. The first-order valence-electron chi connectivity index (χ1n) is 7.78. The molecule has 0 aliphatic rings. The van der Waals surface area contributed by atoms with Crippen LogP contribution in [0.4, 0.5) is 9.80 Å². The van der Waals surface area contributed by atoms with Crippen molar-refractivity contribution in [1.29, 1.82) is 5.26 Å². The molecule has 0 aliphatic heterocycles. The summed E-state index contributed by atoms with van der Waals surface area (Å²) in [5.74, 6) is -1.23. The Morgan fingerprint density at radius 2 is 2.15 bits per heavy atom. The monoisotopic (exact) mass is 383 g/mol. The van der Waals surface area contributed by atoms with Crippen molar-refractivity contribution in [3.05, 3.63) is 52.8 Å². The average Bonchev–Trinajstić information content (AvgIpc) is 3.28. The van der Waals surface area contributed by atoms with Gasteiger partial charge in [0, 0.05) is 12.4 Å². The molecule has 136 valence electrons. The number of nitrogens with one attached hydrogen (secondary N) is 2. The fraction of sp³-hybridized carbons (Fsp3) is 0.118. The molecule has 9 nitrogen and oxygen atoms in total. The fourth-order valence-corrected chi connectivity index (χ4v) is 3.07. The third-order valence-corrected chi connectivity index (χ3v) is 4.29. The summed E-state index contributed by atoms with van der Waals surface area (Å²) in [5, 5.41) is 15.7. The zero-order chi connectivity index (χ0) is 19.4. The van der Waals surface area contributed by atoms with Gasteiger partial charge in [0.15, 0.2) is 5.65 Å². The van der Waals surface area contributed by atoms with Gasteiger partial charge in [-0.05, 0) is 30.5 Å². The number of alkyl carbamates (subject to hydrolysis) is 1. The van der Waals surface area contributed by atoms with Gasteiger partial charge < -0.3 is 14.5 Å². The van der Waals surface area contributed by atoms with Gasteiger partial charge in [0.25, 0.3) is 11.8 Å². The first-order valence-corrected chi connectivity index (χ1v) is 8.66. The molecule has 10 heteroatoms. The van der Waals surface area contributed by atoms with E-state index in [9.17, 15) is 14.4 Å². The zero-order valence-electron chi connectivity index (χ0n) is 14.1. The van der Waals surface area contributed by atoms with Gasteiger partial charge in [-0.25, -0.2) is 9.78 Å². The minimum absolute atomic E-state index is 0.0860. The Hall–Kier alpha value is -3.71. The molecule has 0 spiro atoms. The molecule has 0 radical (unpaired) electrons. The van der Waals surface area contributed by atoms with Gasteiger partial charge in [-0.2, -0.15) is 5.26 Å². The number of carbonyl (C=O) groups excluding carboxylic acids is 3. The van der Waals surface area contributed by atoms with E-state index in [4.69, 9.17) is 5.26 Å². The van der Waals surface area contributed by atoms with Crippen LogP contribution in [0.25, 0.3) is 5.65 Å². The maximum absolute atomic E-state index is 12.5. The lowest BCUT2D eigenvalue weighted by molar-refractivity contribution is 0.0926. The van der Waals surface area contributed by atoms with Gasteiger partial charge in [0.05, 0.1) is 17.7 Å². The van der Waals surface area contributed by atoms with Crippen LogP contribution in [-0.4, -0.2) is 33.9 Å². The van der Waals surface area contributed by atoms with Crippen molar-refractivity contribution in [1.82, 2.24) is 14.7 Å². The van der Waals surface area contributed by atoms with E-state index in [1.807, 2.05) is 6.07 Å². The van der Waals surface area contributed by atoms with E-state index >= 15 is 0 Å². The third-order valence-electron chi connectivity index (χ3n) is 3.46. The van der Waals surface area contributed by atoms with Crippen molar-refractivity contribution >= 4 is 39.9 Å². The van der Waals surface area contributed by atoms with Crippen molar-refractivity contribution in [2.75, 3.05) is 11.9 Å². The molecule has 3 heterocycles. The van der Waals surface area contributed by atoms with Gasteiger partial charge in [-0.3, -0.25) is 14.9 Å². The number of ether oxygens (including phenoxy) is 1. The standard InChI is InChI=1S/C17H13N5O4S/c1-2-26-17(25)21-14(23)11-5-7-27-16(11)20-15(24)12-9-22-6-3-4-10(8-18)13(22)19-12/h3-7,9H,2H2,1H3,(H,20,24)(H,21,23,25). The van der Waals surface area contributed by atoms with Crippen LogP contribution >= 0.6 is 11.3 Å². The van der Waals surface area contributed by atoms with Crippen LogP contribution in [0.15, 0.2) is 36.0 Å². The molecule has 0 aliphatic carbocycles. The summed E-state index contributed by atoms with van der Waals surface area (Å²) in [5.41, 5.74) is 0.907. The lowest BCUT2D eigenvalue weighted by Crippen LogP contribution is -2.31. The van der Waals surface area contributed by atoms with Gasteiger partial charge in [-0.15, -0.1) is 11.3 Å². The number of rotatable bonds is 4. The lowest BCUT2D eigenvalue weighted by atomic mass is 10.3. The van der Waals surface area contributed by atoms with Crippen LogP contribution in [-0.2, 0) is 4.74 Å². The highest BCUT2D eigenvalue weighted by molar-refractivity contribution is 7.14. The van der Waals surface area contributed by atoms with Crippen LogP contribution in [0, 0.1) is 11.3 Å². The van der Waals surface area contributed by atoms with Crippen LogP contribution in [0.1, 0.15) is 33.3 Å². The molecular formula is C17H13N5O4S. The predicted octanol–water partition coefficient (Wildman–Crippen LogP) is 2.41. The van der Waals surface area contributed by atoms with Gasteiger partial charge in [0.2, 0.25) is 0 Å². The highest BCUT2D eigenvalue weighted by Gasteiger charge is 2.20. The van der Waals surface area contributed by atoms with Crippen LogP contribution in [0.5, 0.6) is 0 Å². The molecule has 3 rings (SSSR count). The molecule has 0 atom stereocenters. The summed E-state index contributed by atoms with van der Waals surface area (Å²) in [6, 6.07) is 6.76. The van der Waals surface area contributed by atoms with Gasteiger partial charge >= 0.3 is 6.09 Å². The second kappa shape index (κ2) is 7.67. The normalized spacial score (nSPS) is 10.2. The van der Waals surface area contributed by atoms with Crippen molar-refractivity contribution in [3.8, 4) is 6.07 Å². The number of hydrogen-bond acceptors (Lipinski definition) is 7. The van der Waals surface area contributed by atoms with E-state index in [0.29, 0.717) is 11.2 Å². The Morgan fingerprint density at radius 1 is 1.33 bits per heavy atom. The molecule has 3 aromatic heterocycles. The Bertz CT molecular complexity index is 1080. The van der Waals surface area contributed by atoms with E-state index < -0.39 is 17.9 Å². The molecule has 2 N–H and O–H groups in total. The summed E-state index contributed by atoms with van der Waals surface area (Å²) in [6.45, 7) is 1.75. The molecule has 0 unspecified atom stereocenters. The molecular weight excluding hydrogens is 370 g/mol. The van der Waals surface area contributed by atoms with Crippen LogP contribution in [0.2, 0.25) is 0 Å². The number of pyridine rings is 1. The number of imidazole rings is 1.